The monoisotopic (exact) mass is 455 g/mol. The van der Waals surface area contributed by atoms with E-state index >= 15 is 0 Å². The number of aliphatic hydroxyl groups excluding tert-OH is 2. The van der Waals surface area contributed by atoms with E-state index in [1.807, 2.05) is 0 Å². The first-order valence-corrected chi connectivity index (χ1v) is 11.0. The number of imidazole rings is 1. The van der Waals surface area contributed by atoms with Gasteiger partial charge in [0.1, 0.15) is 29.8 Å². The molecule has 0 radical (unpaired) electrons. The molecule has 6 N–H and O–H groups in total. The van der Waals surface area contributed by atoms with Crippen molar-refractivity contribution in [3.05, 3.63) is 42.5 Å². The molecule has 1 aromatic carbocycles. The minimum Gasteiger partial charge on any atom is -0.494 e. The average Bonchev–Trinajstić information content (AvgIpc) is 3.27. The molecule has 0 aliphatic heterocycles. The first-order valence-electron chi connectivity index (χ1n) is 11.0. The second-order valence-electron chi connectivity index (χ2n) is 8.02. The molecule has 0 bridgehead atoms. The van der Waals surface area contributed by atoms with E-state index in [1.54, 1.807) is 42.2 Å². The maximum Gasteiger partial charge on any atom is 0.251 e. The maximum atomic E-state index is 12.7. The van der Waals surface area contributed by atoms with Gasteiger partial charge in [0.05, 0.1) is 25.0 Å². The lowest BCUT2D eigenvalue weighted by atomic mass is 9.85. The smallest absolute Gasteiger partial charge is 0.251 e. The Balaban J connectivity index is 1.41. The van der Waals surface area contributed by atoms with Gasteiger partial charge in [0, 0.05) is 12.6 Å². The van der Waals surface area contributed by atoms with Crippen molar-refractivity contribution in [3.63, 3.8) is 0 Å². The number of hydrogen-bond donors (Lipinski definition) is 5. The number of amides is 1. The number of aromatic nitrogens is 4. The van der Waals surface area contributed by atoms with Crippen molar-refractivity contribution >= 4 is 22.9 Å². The van der Waals surface area contributed by atoms with Crippen LogP contribution in [0.4, 0.5) is 5.82 Å². The zero-order valence-electron chi connectivity index (χ0n) is 18.4. The Morgan fingerprint density at radius 2 is 1.97 bits per heavy atom. The van der Waals surface area contributed by atoms with Crippen LogP contribution in [0.25, 0.3) is 11.2 Å². The Kier molecular flexibility index (Phi) is 7.02. The number of fused-ring (bicyclic) bond motifs is 1. The molecule has 2 heterocycles. The van der Waals surface area contributed by atoms with E-state index in [4.69, 9.17) is 10.5 Å². The SMILES string of the molecule is CNc1ncnc2c1ncn2[C@@H]1CC[C@@H](NC(=O)c2ccc(OCCCN)cc2)[C@@H](O)[C@@H]1O. The van der Waals surface area contributed by atoms with Crippen LogP contribution in [0.3, 0.4) is 0 Å². The summed E-state index contributed by atoms with van der Waals surface area (Å²) in [5, 5.41) is 27.4. The molecule has 3 aromatic rings. The van der Waals surface area contributed by atoms with Gasteiger partial charge in [0.15, 0.2) is 11.5 Å². The van der Waals surface area contributed by atoms with Crippen LogP contribution in [-0.2, 0) is 0 Å². The summed E-state index contributed by atoms with van der Waals surface area (Å²) in [6, 6.07) is 5.76. The molecule has 1 saturated carbocycles. The molecule has 1 amide bonds. The highest BCUT2D eigenvalue weighted by molar-refractivity contribution is 5.94. The molecule has 176 valence electrons. The molecule has 33 heavy (non-hydrogen) atoms. The Bertz CT molecular complexity index is 1090. The van der Waals surface area contributed by atoms with Gasteiger partial charge in [-0.15, -0.1) is 0 Å². The number of rotatable bonds is 8. The summed E-state index contributed by atoms with van der Waals surface area (Å²) < 4.78 is 7.31. The largest absolute Gasteiger partial charge is 0.494 e. The van der Waals surface area contributed by atoms with Gasteiger partial charge >= 0.3 is 0 Å². The van der Waals surface area contributed by atoms with Crippen LogP contribution in [0.5, 0.6) is 5.75 Å². The lowest BCUT2D eigenvalue weighted by molar-refractivity contribution is -0.0552. The number of benzene rings is 1. The van der Waals surface area contributed by atoms with Crippen LogP contribution in [0.2, 0.25) is 0 Å². The van der Waals surface area contributed by atoms with Crippen LogP contribution in [0, 0.1) is 0 Å². The second-order valence-corrected chi connectivity index (χ2v) is 8.02. The average molecular weight is 456 g/mol. The fourth-order valence-corrected chi connectivity index (χ4v) is 4.12. The van der Waals surface area contributed by atoms with Crippen molar-refractivity contribution in [2.24, 2.45) is 5.73 Å². The molecule has 0 unspecified atom stereocenters. The standard InChI is InChI=1S/C22H29N7O4/c1-24-20-17-21(26-11-25-20)29(12-27-17)16-8-7-15(18(30)19(16)31)28-22(32)13-3-5-14(6-4-13)33-10-2-9-23/h3-6,11-12,15-16,18-19,30-31H,2,7-10,23H2,1H3,(H,28,32)(H,24,25,26)/t15-,16-,18-,19-/m1/s1. The number of nitrogens with zero attached hydrogens (tertiary/aromatic N) is 4. The van der Waals surface area contributed by atoms with E-state index in [0.29, 0.717) is 54.3 Å². The number of ether oxygens (including phenoxy) is 1. The fourth-order valence-electron chi connectivity index (χ4n) is 4.12. The number of carbonyl (C=O) groups excluding carboxylic acids is 1. The third-order valence-electron chi connectivity index (χ3n) is 5.93. The zero-order chi connectivity index (χ0) is 23.4. The summed E-state index contributed by atoms with van der Waals surface area (Å²) in [6.07, 6.45) is 2.54. The number of nitrogens with one attached hydrogen (secondary N) is 2. The van der Waals surface area contributed by atoms with Crippen LogP contribution < -0.4 is 21.1 Å². The summed E-state index contributed by atoms with van der Waals surface area (Å²) in [6.45, 7) is 1.07. The van der Waals surface area contributed by atoms with E-state index in [0.717, 1.165) is 6.42 Å². The molecule has 4 atom stereocenters. The first-order chi connectivity index (χ1) is 16.0. The lowest BCUT2D eigenvalue weighted by Gasteiger charge is -2.38. The van der Waals surface area contributed by atoms with E-state index in [2.05, 4.69) is 25.6 Å². The van der Waals surface area contributed by atoms with Crippen molar-refractivity contribution in [2.45, 2.75) is 43.6 Å². The molecular formula is C22H29N7O4. The van der Waals surface area contributed by atoms with E-state index in [-0.39, 0.29) is 5.91 Å². The predicted octanol–water partition coefficient (Wildman–Crippen LogP) is 0.451. The molecule has 2 aromatic heterocycles. The van der Waals surface area contributed by atoms with Crippen LogP contribution in [0.1, 0.15) is 35.7 Å². The number of nitrogens with two attached hydrogens (primary N) is 1. The van der Waals surface area contributed by atoms with Crippen molar-refractivity contribution in [1.29, 1.82) is 0 Å². The van der Waals surface area contributed by atoms with Crippen molar-refractivity contribution in [1.82, 2.24) is 24.8 Å². The minimum absolute atomic E-state index is 0.322. The van der Waals surface area contributed by atoms with Crippen LogP contribution >= 0.6 is 0 Å². The van der Waals surface area contributed by atoms with Crippen molar-refractivity contribution < 1.29 is 19.7 Å². The van der Waals surface area contributed by atoms with E-state index < -0.39 is 24.3 Å². The van der Waals surface area contributed by atoms with Gasteiger partial charge < -0.3 is 35.9 Å². The first kappa shape index (κ1) is 22.9. The quantitative estimate of drug-likeness (QED) is 0.304. The minimum atomic E-state index is -1.14. The van der Waals surface area contributed by atoms with E-state index in [9.17, 15) is 15.0 Å². The predicted molar refractivity (Wildman–Crippen MR) is 122 cm³/mol. The molecule has 0 saturated heterocycles. The Labute approximate surface area is 191 Å². The van der Waals surface area contributed by atoms with Crippen molar-refractivity contribution in [2.75, 3.05) is 25.5 Å². The number of hydrogen-bond acceptors (Lipinski definition) is 9. The molecular weight excluding hydrogens is 426 g/mol. The number of carbonyl (C=O) groups is 1. The zero-order valence-corrected chi connectivity index (χ0v) is 18.4. The summed E-state index contributed by atoms with van der Waals surface area (Å²) in [5.74, 6) is 0.928. The number of aliphatic hydroxyl groups is 2. The Morgan fingerprint density at radius 1 is 1.18 bits per heavy atom. The fraction of sp³-hybridized carbons (Fsp3) is 0.455. The van der Waals surface area contributed by atoms with Gasteiger partial charge in [-0.2, -0.15) is 0 Å². The van der Waals surface area contributed by atoms with Crippen LogP contribution in [0.15, 0.2) is 36.9 Å². The van der Waals surface area contributed by atoms with Gasteiger partial charge in [-0.25, -0.2) is 15.0 Å². The van der Waals surface area contributed by atoms with Gasteiger partial charge in [0.25, 0.3) is 5.91 Å². The lowest BCUT2D eigenvalue weighted by Crippen LogP contribution is -2.54. The molecule has 0 spiro atoms. The highest BCUT2D eigenvalue weighted by atomic mass is 16.5. The molecule has 11 nitrogen and oxygen atoms in total. The summed E-state index contributed by atoms with van der Waals surface area (Å²) in [7, 11) is 1.75. The maximum absolute atomic E-state index is 12.7. The van der Waals surface area contributed by atoms with Gasteiger partial charge in [-0.05, 0) is 50.1 Å². The Hall–Kier alpha value is -3.28. The van der Waals surface area contributed by atoms with Gasteiger partial charge in [-0.1, -0.05) is 0 Å². The normalized spacial score (nSPS) is 22.8. The highest BCUT2D eigenvalue weighted by Gasteiger charge is 2.39. The molecule has 4 rings (SSSR count). The molecule has 1 aliphatic rings. The third-order valence-corrected chi connectivity index (χ3v) is 5.93. The van der Waals surface area contributed by atoms with Crippen molar-refractivity contribution in [3.8, 4) is 5.75 Å². The summed E-state index contributed by atoms with van der Waals surface area (Å²) in [4.78, 5) is 25.5. The summed E-state index contributed by atoms with van der Waals surface area (Å²) >= 11 is 0. The topological polar surface area (TPSA) is 160 Å². The molecule has 1 fully saturated rings. The molecule has 1 aliphatic carbocycles. The van der Waals surface area contributed by atoms with Gasteiger partial charge in [0.2, 0.25) is 0 Å². The second kappa shape index (κ2) is 10.1. The number of anilines is 1. The molecule has 11 heteroatoms. The highest BCUT2D eigenvalue weighted by Crippen LogP contribution is 2.32. The van der Waals surface area contributed by atoms with E-state index in [1.165, 1.54) is 6.33 Å². The Morgan fingerprint density at radius 3 is 2.70 bits per heavy atom. The van der Waals surface area contributed by atoms with Gasteiger partial charge in [-0.3, -0.25) is 4.79 Å². The van der Waals surface area contributed by atoms with Crippen LogP contribution in [-0.4, -0.2) is 74.1 Å². The summed E-state index contributed by atoms with van der Waals surface area (Å²) in [5.41, 5.74) is 7.06. The third kappa shape index (κ3) is 4.75.